The molecule has 1 saturated carbocycles. The average Bonchev–Trinajstić information content (AvgIpc) is 2.55. The molecule has 1 heterocycles. The lowest BCUT2D eigenvalue weighted by atomic mass is 9.40. The van der Waals surface area contributed by atoms with Gasteiger partial charge in [-0.05, 0) is 22.7 Å². The first-order chi connectivity index (χ1) is 7.25. The van der Waals surface area contributed by atoms with Crippen molar-refractivity contribution in [1.29, 1.82) is 0 Å². The summed E-state index contributed by atoms with van der Waals surface area (Å²) >= 11 is 0. The number of carbonyl (C=O) groups is 1. The highest BCUT2D eigenvalue weighted by Crippen LogP contribution is 2.68. The van der Waals surface area contributed by atoms with Crippen molar-refractivity contribution in [3.8, 4) is 0 Å². The van der Waals surface area contributed by atoms with Crippen LogP contribution in [0.2, 0.25) is 0 Å². The van der Waals surface area contributed by atoms with Crippen LogP contribution in [0.15, 0.2) is 0 Å². The van der Waals surface area contributed by atoms with Gasteiger partial charge in [0, 0.05) is 6.54 Å². The van der Waals surface area contributed by atoms with Crippen molar-refractivity contribution in [2.45, 2.75) is 33.7 Å². The Morgan fingerprint density at radius 1 is 1.31 bits per heavy atom. The van der Waals surface area contributed by atoms with Crippen molar-refractivity contribution in [1.82, 2.24) is 4.90 Å². The van der Waals surface area contributed by atoms with Crippen molar-refractivity contribution in [3.05, 3.63) is 0 Å². The van der Waals surface area contributed by atoms with Crippen LogP contribution >= 0.6 is 0 Å². The number of nitrogens with zero attached hydrogens (tertiary/aromatic N) is 1. The number of fused-ring (bicyclic) bond motifs is 1. The van der Waals surface area contributed by atoms with Crippen LogP contribution in [0.3, 0.4) is 0 Å². The van der Waals surface area contributed by atoms with E-state index in [1.54, 1.807) is 0 Å². The third-order valence-corrected chi connectivity index (χ3v) is 5.50. The zero-order chi connectivity index (χ0) is 12.3. The Morgan fingerprint density at radius 2 is 1.88 bits per heavy atom. The highest BCUT2D eigenvalue weighted by molar-refractivity contribution is 5.66. The quantitative estimate of drug-likeness (QED) is 0.716. The molecule has 16 heavy (non-hydrogen) atoms. The number of aliphatic hydroxyl groups is 1. The Balaban J connectivity index is 2.31. The van der Waals surface area contributed by atoms with Gasteiger partial charge >= 0.3 is 6.09 Å². The zero-order valence-electron chi connectivity index (χ0n) is 10.4. The Morgan fingerprint density at radius 3 is 2.31 bits per heavy atom. The van der Waals surface area contributed by atoms with Gasteiger partial charge in [0.05, 0.1) is 12.6 Å². The van der Waals surface area contributed by atoms with E-state index in [0.717, 1.165) is 0 Å². The summed E-state index contributed by atoms with van der Waals surface area (Å²) in [5.41, 5.74) is 0.241. The maximum atomic E-state index is 11.1. The number of hydrogen-bond donors (Lipinski definition) is 2. The molecule has 0 radical (unpaired) electrons. The van der Waals surface area contributed by atoms with E-state index in [1.165, 1.54) is 4.90 Å². The molecule has 4 heteroatoms. The van der Waals surface area contributed by atoms with Crippen LogP contribution < -0.4 is 0 Å². The summed E-state index contributed by atoms with van der Waals surface area (Å²) in [4.78, 5) is 12.5. The number of hydrogen-bond acceptors (Lipinski definition) is 2. The first-order valence-corrected chi connectivity index (χ1v) is 5.85. The fourth-order valence-electron chi connectivity index (χ4n) is 3.83. The number of likely N-dealkylation sites (tertiary alicyclic amines) is 1. The van der Waals surface area contributed by atoms with Crippen LogP contribution in [0.25, 0.3) is 0 Å². The highest BCUT2D eigenvalue weighted by Gasteiger charge is 2.68. The Bertz CT molecular complexity index is 324. The summed E-state index contributed by atoms with van der Waals surface area (Å²) in [6.07, 6.45) is -0.903. The SMILES string of the molecule is CC1(C)[C@@H]2[C@@H](CO)N(C(=O)O)C[C@@H]2C1(C)C. The molecule has 1 aliphatic heterocycles. The second kappa shape index (κ2) is 3.13. The molecule has 0 aromatic carbocycles. The van der Waals surface area contributed by atoms with E-state index in [4.69, 9.17) is 5.11 Å². The van der Waals surface area contributed by atoms with Gasteiger partial charge in [0.15, 0.2) is 0 Å². The summed E-state index contributed by atoms with van der Waals surface area (Å²) < 4.78 is 0. The molecule has 2 rings (SSSR count). The van der Waals surface area contributed by atoms with Gasteiger partial charge in [0.2, 0.25) is 0 Å². The van der Waals surface area contributed by atoms with Gasteiger partial charge in [-0.2, -0.15) is 0 Å². The van der Waals surface area contributed by atoms with Crippen LogP contribution in [0.4, 0.5) is 4.79 Å². The minimum absolute atomic E-state index is 0.0625. The van der Waals surface area contributed by atoms with Crippen LogP contribution in [0, 0.1) is 22.7 Å². The largest absolute Gasteiger partial charge is 0.465 e. The van der Waals surface area contributed by atoms with Crippen LogP contribution in [0.5, 0.6) is 0 Å². The third kappa shape index (κ3) is 1.11. The maximum Gasteiger partial charge on any atom is 0.407 e. The first-order valence-electron chi connectivity index (χ1n) is 5.85. The fourth-order valence-corrected chi connectivity index (χ4v) is 3.83. The molecule has 2 fully saturated rings. The highest BCUT2D eigenvalue weighted by atomic mass is 16.4. The molecule has 1 saturated heterocycles. The molecule has 0 spiro atoms. The number of aliphatic hydroxyl groups excluding tert-OH is 1. The third-order valence-electron chi connectivity index (χ3n) is 5.50. The van der Waals surface area contributed by atoms with E-state index in [2.05, 4.69) is 27.7 Å². The number of carboxylic acid groups (broad SMARTS) is 1. The zero-order valence-corrected chi connectivity index (χ0v) is 10.4. The standard InChI is InChI=1S/C12H21NO3/c1-11(2)7-5-13(10(15)16)8(6-14)9(7)12(11,3)4/h7-9,14H,5-6H2,1-4H3,(H,15,16)/t7-,8+,9-/m0/s1. The number of rotatable bonds is 1. The summed E-state index contributed by atoms with van der Waals surface area (Å²) in [5.74, 6) is 0.680. The van der Waals surface area contributed by atoms with E-state index in [-0.39, 0.29) is 23.5 Å². The van der Waals surface area contributed by atoms with Gasteiger partial charge in [-0.3, -0.25) is 0 Å². The minimum Gasteiger partial charge on any atom is -0.465 e. The normalized spacial score (nSPS) is 39.1. The summed E-state index contributed by atoms with van der Waals surface area (Å²) in [6.45, 7) is 9.28. The van der Waals surface area contributed by atoms with Crippen molar-refractivity contribution in [2.75, 3.05) is 13.2 Å². The smallest absolute Gasteiger partial charge is 0.407 e. The van der Waals surface area contributed by atoms with E-state index >= 15 is 0 Å². The first kappa shape index (κ1) is 11.7. The second-order valence-corrected chi connectivity index (χ2v) is 6.26. The van der Waals surface area contributed by atoms with E-state index < -0.39 is 6.09 Å². The lowest BCUT2D eigenvalue weighted by Gasteiger charge is -2.63. The molecule has 92 valence electrons. The molecule has 1 aliphatic carbocycles. The van der Waals surface area contributed by atoms with Crippen LogP contribution in [-0.2, 0) is 0 Å². The Hall–Kier alpha value is -0.770. The molecule has 0 bridgehead atoms. The Kier molecular flexibility index (Phi) is 2.29. The number of amides is 1. The molecular formula is C12H21NO3. The predicted octanol–water partition coefficient (Wildman–Crippen LogP) is 1.64. The van der Waals surface area contributed by atoms with Crippen molar-refractivity contribution in [2.24, 2.45) is 22.7 Å². The van der Waals surface area contributed by atoms with Gasteiger partial charge in [-0.25, -0.2) is 4.79 Å². The van der Waals surface area contributed by atoms with Crippen molar-refractivity contribution in [3.63, 3.8) is 0 Å². The molecule has 2 aliphatic rings. The topological polar surface area (TPSA) is 60.8 Å². The molecule has 0 aromatic heterocycles. The molecule has 3 atom stereocenters. The summed E-state index contributed by atoms with van der Waals surface area (Å²) in [7, 11) is 0. The van der Waals surface area contributed by atoms with Crippen LogP contribution in [-0.4, -0.2) is 40.4 Å². The van der Waals surface area contributed by atoms with Crippen molar-refractivity contribution < 1.29 is 15.0 Å². The lowest BCUT2D eigenvalue weighted by Crippen LogP contribution is -2.61. The average molecular weight is 227 g/mol. The van der Waals surface area contributed by atoms with Gasteiger partial charge in [-0.15, -0.1) is 0 Å². The molecule has 4 nitrogen and oxygen atoms in total. The van der Waals surface area contributed by atoms with E-state index in [1.807, 2.05) is 0 Å². The summed E-state index contributed by atoms with van der Waals surface area (Å²) in [5, 5.41) is 18.5. The second-order valence-electron chi connectivity index (χ2n) is 6.26. The lowest BCUT2D eigenvalue weighted by molar-refractivity contribution is -0.153. The molecule has 0 aromatic rings. The monoisotopic (exact) mass is 227 g/mol. The Labute approximate surface area is 96.3 Å². The maximum absolute atomic E-state index is 11.1. The fraction of sp³-hybridized carbons (Fsp3) is 0.917. The van der Waals surface area contributed by atoms with Gasteiger partial charge in [0.25, 0.3) is 0 Å². The van der Waals surface area contributed by atoms with Crippen molar-refractivity contribution >= 4 is 6.09 Å². The molecular weight excluding hydrogens is 206 g/mol. The van der Waals surface area contributed by atoms with E-state index in [9.17, 15) is 9.90 Å². The molecule has 0 unspecified atom stereocenters. The van der Waals surface area contributed by atoms with Gasteiger partial charge in [-0.1, -0.05) is 27.7 Å². The van der Waals surface area contributed by atoms with Crippen LogP contribution in [0.1, 0.15) is 27.7 Å². The van der Waals surface area contributed by atoms with E-state index in [0.29, 0.717) is 18.4 Å². The van der Waals surface area contributed by atoms with Gasteiger partial charge < -0.3 is 15.1 Å². The minimum atomic E-state index is -0.903. The van der Waals surface area contributed by atoms with Gasteiger partial charge in [0.1, 0.15) is 0 Å². The summed E-state index contributed by atoms with van der Waals surface area (Å²) in [6, 6.07) is -0.217. The molecule has 2 N–H and O–H groups in total. The predicted molar refractivity (Wildman–Crippen MR) is 60.1 cm³/mol. The molecule has 1 amide bonds.